The van der Waals surface area contributed by atoms with E-state index < -0.39 is 0 Å². The van der Waals surface area contributed by atoms with Crippen molar-refractivity contribution in [3.05, 3.63) is 33.4 Å². The Morgan fingerprint density at radius 3 is 2.67 bits per heavy atom. The number of nitrogens with zero attached hydrogens (tertiary/aromatic N) is 4. The van der Waals surface area contributed by atoms with Gasteiger partial charge in [0, 0.05) is 19.3 Å². The molecule has 0 saturated carbocycles. The summed E-state index contributed by atoms with van der Waals surface area (Å²) in [6.45, 7) is 5.24. The molecule has 7 heteroatoms. The fraction of sp³-hybridized carbons (Fsp3) is 0.364. The van der Waals surface area contributed by atoms with E-state index in [4.69, 9.17) is 0 Å². The summed E-state index contributed by atoms with van der Waals surface area (Å²) in [5.41, 5.74) is 1.32. The molecule has 0 aromatic carbocycles. The largest absolute Gasteiger partial charge is 0.351 e. The number of hydrogen-bond donors (Lipinski definition) is 1. The monoisotopic (exact) mass is 311 g/mol. The molecule has 2 aromatic heterocycles. The van der Waals surface area contributed by atoms with Gasteiger partial charge in [0.2, 0.25) is 0 Å². The van der Waals surface area contributed by atoms with Crippen LogP contribution in [-0.4, -0.2) is 19.6 Å². The predicted octanol–water partition coefficient (Wildman–Crippen LogP) is 1.99. The van der Waals surface area contributed by atoms with Crippen LogP contribution in [0.3, 0.4) is 0 Å². The van der Waals surface area contributed by atoms with Crippen LogP contribution in [0.4, 0.5) is 11.4 Å². The van der Waals surface area contributed by atoms with Crippen LogP contribution in [0, 0.1) is 0 Å². The number of halogens is 1. The number of rotatable bonds is 4. The molecule has 2 heterocycles. The van der Waals surface area contributed by atoms with E-state index in [1.807, 2.05) is 20.0 Å². The maximum atomic E-state index is 11.9. The van der Waals surface area contributed by atoms with Crippen molar-refractivity contribution in [2.45, 2.75) is 26.9 Å². The Bertz CT molecular complexity index is 604. The lowest BCUT2D eigenvalue weighted by molar-refractivity contribution is 0.613. The lowest BCUT2D eigenvalue weighted by Gasteiger charge is -2.07. The summed E-state index contributed by atoms with van der Waals surface area (Å²) in [4.78, 5) is 11.9. The van der Waals surface area contributed by atoms with Gasteiger partial charge in [-0.3, -0.25) is 9.48 Å². The van der Waals surface area contributed by atoms with Gasteiger partial charge in [-0.05, 0) is 29.8 Å². The van der Waals surface area contributed by atoms with Crippen LogP contribution >= 0.6 is 15.9 Å². The molecular formula is C11H14BrN5O. The van der Waals surface area contributed by atoms with Gasteiger partial charge in [0.05, 0.1) is 23.8 Å². The second-order valence-corrected chi connectivity index (χ2v) is 4.50. The molecule has 0 aliphatic heterocycles. The molecule has 0 bridgehead atoms. The minimum atomic E-state index is -0.148. The van der Waals surface area contributed by atoms with E-state index in [-0.39, 0.29) is 5.56 Å². The molecule has 0 atom stereocenters. The van der Waals surface area contributed by atoms with Gasteiger partial charge in [-0.15, -0.1) is 0 Å². The first-order chi connectivity index (χ1) is 8.65. The standard InChI is InChI=1S/C11H14BrN5O/c1-3-16-7-8(5-13-16)15-9-6-14-17(4-2)11(18)10(9)12/h5-7,15H,3-4H2,1-2H3. The van der Waals surface area contributed by atoms with Crippen LogP contribution in [0.25, 0.3) is 0 Å². The first-order valence-corrected chi connectivity index (χ1v) is 6.50. The zero-order chi connectivity index (χ0) is 13.1. The van der Waals surface area contributed by atoms with Crippen LogP contribution in [0.2, 0.25) is 0 Å². The second kappa shape index (κ2) is 5.34. The molecule has 0 aliphatic carbocycles. The molecule has 2 aromatic rings. The average molecular weight is 312 g/mol. The van der Waals surface area contributed by atoms with Crippen LogP contribution in [0.1, 0.15) is 13.8 Å². The van der Waals surface area contributed by atoms with E-state index in [0.717, 1.165) is 12.2 Å². The summed E-state index contributed by atoms with van der Waals surface area (Å²) in [6, 6.07) is 0. The highest BCUT2D eigenvalue weighted by Gasteiger charge is 2.08. The number of nitrogens with one attached hydrogen (secondary N) is 1. The maximum absolute atomic E-state index is 11.9. The highest BCUT2D eigenvalue weighted by atomic mass is 79.9. The molecule has 96 valence electrons. The Morgan fingerprint density at radius 1 is 1.28 bits per heavy atom. The molecule has 2 rings (SSSR count). The maximum Gasteiger partial charge on any atom is 0.283 e. The first kappa shape index (κ1) is 12.8. The fourth-order valence-electron chi connectivity index (χ4n) is 1.53. The molecule has 0 aliphatic rings. The Labute approximate surface area is 113 Å². The lowest BCUT2D eigenvalue weighted by atomic mass is 10.4. The predicted molar refractivity (Wildman–Crippen MR) is 73.1 cm³/mol. The van der Waals surface area contributed by atoms with Crippen molar-refractivity contribution in [1.82, 2.24) is 19.6 Å². The van der Waals surface area contributed by atoms with Crippen LogP contribution in [0.15, 0.2) is 27.9 Å². The van der Waals surface area contributed by atoms with Crippen LogP contribution in [-0.2, 0) is 13.1 Å². The Kier molecular flexibility index (Phi) is 3.81. The summed E-state index contributed by atoms with van der Waals surface area (Å²) in [5.74, 6) is 0. The second-order valence-electron chi connectivity index (χ2n) is 3.70. The molecule has 0 unspecified atom stereocenters. The van der Waals surface area contributed by atoms with Crippen LogP contribution < -0.4 is 10.9 Å². The quantitative estimate of drug-likeness (QED) is 0.937. The summed E-state index contributed by atoms with van der Waals surface area (Å²) in [5, 5.41) is 11.3. The summed E-state index contributed by atoms with van der Waals surface area (Å²) in [7, 11) is 0. The van der Waals surface area contributed by atoms with Gasteiger partial charge in [-0.25, -0.2) is 4.68 Å². The Morgan fingerprint density at radius 2 is 2.06 bits per heavy atom. The normalized spacial score (nSPS) is 10.6. The average Bonchev–Trinajstić information content (AvgIpc) is 2.83. The zero-order valence-corrected chi connectivity index (χ0v) is 11.8. The van der Waals surface area contributed by atoms with Gasteiger partial charge in [0.25, 0.3) is 5.56 Å². The van der Waals surface area contributed by atoms with E-state index in [0.29, 0.717) is 16.7 Å². The highest BCUT2D eigenvalue weighted by molar-refractivity contribution is 9.10. The molecule has 18 heavy (non-hydrogen) atoms. The van der Waals surface area contributed by atoms with Gasteiger partial charge in [0.1, 0.15) is 4.47 Å². The lowest BCUT2D eigenvalue weighted by Crippen LogP contribution is -2.23. The van der Waals surface area contributed by atoms with Crippen molar-refractivity contribution in [2.24, 2.45) is 0 Å². The summed E-state index contributed by atoms with van der Waals surface area (Å²) < 4.78 is 3.67. The van der Waals surface area contributed by atoms with Crippen molar-refractivity contribution in [3.63, 3.8) is 0 Å². The van der Waals surface area contributed by atoms with Gasteiger partial charge in [-0.2, -0.15) is 10.2 Å². The van der Waals surface area contributed by atoms with E-state index in [1.54, 1.807) is 17.1 Å². The first-order valence-electron chi connectivity index (χ1n) is 5.70. The molecule has 0 radical (unpaired) electrons. The number of aryl methyl sites for hydroxylation is 2. The third kappa shape index (κ3) is 2.45. The molecule has 0 amide bonds. The van der Waals surface area contributed by atoms with E-state index in [9.17, 15) is 4.79 Å². The molecular weight excluding hydrogens is 298 g/mol. The third-order valence-electron chi connectivity index (χ3n) is 2.52. The Balaban J connectivity index is 2.29. The number of anilines is 2. The van der Waals surface area contributed by atoms with Gasteiger partial charge in [0.15, 0.2) is 0 Å². The van der Waals surface area contributed by atoms with E-state index >= 15 is 0 Å². The molecule has 1 N–H and O–H groups in total. The van der Waals surface area contributed by atoms with Crippen molar-refractivity contribution in [3.8, 4) is 0 Å². The molecule has 0 saturated heterocycles. The Hall–Kier alpha value is -1.63. The third-order valence-corrected chi connectivity index (χ3v) is 3.29. The molecule has 0 fully saturated rings. The van der Waals surface area contributed by atoms with Crippen molar-refractivity contribution in [2.75, 3.05) is 5.32 Å². The summed E-state index contributed by atoms with van der Waals surface area (Å²) >= 11 is 3.29. The fourth-order valence-corrected chi connectivity index (χ4v) is 1.94. The van der Waals surface area contributed by atoms with Crippen molar-refractivity contribution >= 4 is 27.3 Å². The molecule has 0 spiro atoms. The highest BCUT2D eigenvalue weighted by Crippen LogP contribution is 2.21. The minimum Gasteiger partial charge on any atom is -0.351 e. The zero-order valence-electron chi connectivity index (χ0n) is 10.2. The van der Waals surface area contributed by atoms with Gasteiger partial charge >= 0.3 is 0 Å². The molecule has 6 nitrogen and oxygen atoms in total. The number of aromatic nitrogens is 4. The van der Waals surface area contributed by atoms with Crippen molar-refractivity contribution < 1.29 is 0 Å². The van der Waals surface area contributed by atoms with Gasteiger partial charge < -0.3 is 5.32 Å². The van der Waals surface area contributed by atoms with Crippen molar-refractivity contribution in [1.29, 1.82) is 0 Å². The summed E-state index contributed by atoms with van der Waals surface area (Å²) in [6.07, 6.45) is 5.21. The van der Waals surface area contributed by atoms with E-state index in [2.05, 4.69) is 31.4 Å². The topological polar surface area (TPSA) is 64.7 Å². The van der Waals surface area contributed by atoms with Crippen LogP contribution in [0.5, 0.6) is 0 Å². The minimum absolute atomic E-state index is 0.148. The van der Waals surface area contributed by atoms with E-state index in [1.165, 1.54) is 4.68 Å². The number of hydrogen-bond acceptors (Lipinski definition) is 4. The smallest absolute Gasteiger partial charge is 0.283 e. The van der Waals surface area contributed by atoms with Gasteiger partial charge in [-0.1, -0.05) is 0 Å². The SMILES string of the molecule is CCn1cc(Nc2cnn(CC)c(=O)c2Br)cn1.